The number of aromatic amines is 2. The Morgan fingerprint density at radius 1 is 1.42 bits per heavy atom. The molecule has 2 N–H and O–H groups in total. The van der Waals surface area contributed by atoms with Crippen molar-refractivity contribution in [3.8, 4) is 6.07 Å². The molecule has 1 saturated heterocycles. The van der Waals surface area contributed by atoms with Crippen LogP contribution < -0.4 is 5.69 Å². The quantitative estimate of drug-likeness (QED) is 0.732. The minimum absolute atomic E-state index is 0.0777. The summed E-state index contributed by atoms with van der Waals surface area (Å²) in [5, 5.41) is 10.2. The summed E-state index contributed by atoms with van der Waals surface area (Å²) < 4.78 is 1.76. The summed E-state index contributed by atoms with van der Waals surface area (Å²) in [6.45, 7) is 1.11. The Morgan fingerprint density at radius 3 is 3.04 bits per heavy atom. The maximum atomic E-state index is 12.7. The van der Waals surface area contributed by atoms with Gasteiger partial charge in [-0.3, -0.25) is 9.36 Å². The second-order valence-corrected chi connectivity index (χ2v) is 7.30. The molecule has 1 aliphatic heterocycles. The standard InChI is InChI=1S/C18H18N6O2/c19-10-18(4-5-18)16(25)23-7-1-2-11(9-23)24-14-12-3-6-20-15(12)21-8-13(14)22-17(24)26/h3,6,8,11H,1-2,4-5,7,9H2,(H,20,21)(H,22,26)/t11-/m1/s1. The highest BCUT2D eigenvalue weighted by atomic mass is 16.2. The molecule has 26 heavy (non-hydrogen) atoms. The largest absolute Gasteiger partial charge is 0.346 e. The number of hydrogen-bond donors (Lipinski definition) is 2. The average Bonchev–Trinajstić information content (AvgIpc) is 3.18. The number of hydrogen-bond acceptors (Lipinski definition) is 4. The normalized spacial score (nSPS) is 21.8. The minimum atomic E-state index is -0.815. The fourth-order valence-corrected chi connectivity index (χ4v) is 4.12. The van der Waals surface area contributed by atoms with Crippen molar-refractivity contribution in [3.63, 3.8) is 0 Å². The number of pyridine rings is 1. The van der Waals surface area contributed by atoms with Gasteiger partial charge >= 0.3 is 5.69 Å². The first kappa shape index (κ1) is 15.2. The van der Waals surface area contributed by atoms with Crippen molar-refractivity contribution in [2.24, 2.45) is 5.41 Å². The molecule has 2 aliphatic rings. The van der Waals surface area contributed by atoms with Crippen LogP contribution in [0.1, 0.15) is 31.7 Å². The molecule has 3 aromatic rings. The summed E-state index contributed by atoms with van der Waals surface area (Å²) in [5.41, 5.74) is 1.25. The molecule has 0 radical (unpaired) electrons. The summed E-state index contributed by atoms with van der Waals surface area (Å²) in [6, 6.07) is 3.99. The van der Waals surface area contributed by atoms with Crippen molar-refractivity contribution in [1.82, 2.24) is 24.4 Å². The van der Waals surface area contributed by atoms with Crippen LogP contribution in [-0.4, -0.2) is 43.4 Å². The fourth-order valence-electron chi connectivity index (χ4n) is 4.12. The Morgan fingerprint density at radius 2 is 2.27 bits per heavy atom. The van der Waals surface area contributed by atoms with Crippen LogP contribution in [0.15, 0.2) is 23.3 Å². The number of carbonyl (C=O) groups excluding carboxylic acids is 1. The fraction of sp³-hybridized carbons (Fsp3) is 0.444. The number of nitrogens with zero attached hydrogens (tertiary/aromatic N) is 4. The highest BCUT2D eigenvalue weighted by Crippen LogP contribution is 2.47. The maximum absolute atomic E-state index is 12.7. The van der Waals surface area contributed by atoms with E-state index in [1.807, 2.05) is 6.07 Å². The highest BCUT2D eigenvalue weighted by Gasteiger charge is 2.53. The van der Waals surface area contributed by atoms with E-state index in [-0.39, 0.29) is 17.6 Å². The van der Waals surface area contributed by atoms with Crippen LogP contribution in [0.2, 0.25) is 0 Å². The zero-order chi connectivity index (χ0) is 17.9. The van der Waals surface area contributed by atoms with Crippen molar-refractivity contribution in [2.45, 2.75) is 31.7 Å². The molecule has 1 saturated carbocycles. The van der Waals surface area contributed by atoms with Crippen LogP contribution in [0.25, 0.3) is 22.1 Å². The minimum Gasteiger partial charge on any atom is -0.346 e. The van der Waals surface area contributed by atoms with E-state index in [1.165, 1.54) is 0 Å². The van der Waals surface area contributed by atoms with Gasteiger partial charge in [-0.05, 0) is 31.7 Å². The molecular weight excluding hydrogens is 332 g/mol. The zero-order valence-corrected chi connectivity index (χ0v) is 14.2. The van der Waals surface area contributed by atoms with Gasteiger partial charge < -0.3 is 14.9 Å². The lowest BCUT2D eigenvalue weighted by atomic mass is 10.0. The Balaban J connectivity index is 1.56. The molecule has 0 spiro atoms. The first-order valence-electron chi connectivity index (χ1n) is 8.90. The maximum Gasteiger partial charge on any atom is 0.326 e. The summed E-state index contributed by atoms with van der Waals surface area (Å²) in [7, 11) is 0. The van der Waals surface area contributed by atoms with Crippen LogP contribution in [0.5, 0.6) is 0 Å². The molecule has 1 amide bonds. The van der Waals surface area contributed by atoms with Crippen LogP contribution >= 0.6 is 0 Å². The molecule has 0 unspecified atom stereocenters. The molecule has 4 heterocycles. The summed E-state index contributed by atoms with van der Waals surface area (Å²) in [4.78, 5) is 37.4. The van der Waals surface area contributed by atoms with Crippen molar-refractivity contribution >= 4 is 28.0 Å². The third-order valence-electron chi connectivity index (χ3n) is 5.68. The number of aromatic nitrogens is 4. The van der Waals surface area contributed by atoms with Gasteiger partial charge in [0.15, 0.2) is 0 Å². The van der Waals surface area contributed by atoms with Gasteiger partial charge in [-0.25, -0.2) is 9.78 Å². The Kier molecular flexibility index (Phi) is 3.04. The van der Waals surface area contributed by atoms with Crippen molar-refractivity contribution in [1.29, 1.82) is 5.26 Å². The van der Waals surface area contributed by atoms with E-state index in [2.05, 4.69) is 21.0 Å². The van der Waals surface area contributed by atoms with Gasteiger partial charge in [0.1, 0.15) is 11.1 Å². The van der Waals surface area contributed by atoms with E-state index in [1.54, 1.807) is 21.9 Å². The van der Waals surface area contributed by atoms with E-state index >= 15 is 0 Å². The number of piperidine rings is 1. The summed E-state index contributed by atoms with van der Waals surface area (Å²) >= 11 is 0. The lowest BCUT2D eigenvalue weighted by Gasteiger charge is -2.34. The SMILES string of the molecule is N#CC1(C(=O)N2CCC[C@@H](n3c(=O)[nH]c4cnc5[nH]ccc5c43)C2)CC1. The predicted molar refractivity (Wildman–Crippen MR) is 94.3 cm³/mol. The lowest BCUT2D eigenvalue weighted by Crippen LogP contribution is -2.45. The highest BCUT2D eigenvalue weighted by molar-refractivity contribution is 6.01. The molecule has 3 aromatic heterocycles. The zero-order valence-electron chi connectivity index (χ0n) is 14.2. The number of nitriles is 1. The third kappa shape index (κ3) is 2.03. The smallest absolute Gasteiger partial charge is 0.326 e. The van der Waals surface area contributed by atoms with Crippen molar-refractivity contribution < 1.29 is 4.79 Å². The van der Waals surface area contributed by atoms with Gasteiger partial charge in [-0.2, -0.15) is 5.26 Å². The van der Waals surface area contributed by atoms with Gasteiger partial charge in [0, 0.05) is 24.7 Å². The van der Waals surface area contributed by atoms with Crippen molar-refractivity contribution in [3.05, 3.63) is 28.9 Å². The van der Waals surface area contributed by atoms with Gasteiger partial charge in [0.05, 0.1) is 29.3 Å². The molecule has 8 nitrogen and oxygen atoms in total. The van der Waals surface area contributed by atoms with Gasteiger partial charge in [0.25, 0.3) is 0 Å². The Hall–Kier alpha value is -3.08. The van der Waals surface area contributed by atoms with E-state index in [4.69, 9.17) is 0 Å². The number of likely N-dealkylation sites (tertiary alicyclic amines) is 1. The molecule has 1 aliphatic carbocycles. The molecule has 132 valence electrons. The van der Waals surface area contributed by atoms with Crippen LogP contribution in [0, 0.1) is 16.7 Å². The van der Waals surface area contributed by atoms with Gasteiger partial charge in [0.2, 0.25) is 5.91 Å². The number of H-pyrrole nitrogens is 2. The number of fused-ring (bicyclic) bond motifs is 3. The van der Waals surface area contributed by atoms with E-state index in [0.29, 0.717) is 31.4 Å². The number of nitrogens with one attached hydrogen (secondary N) is 2. The number of amides is 1. The summed E-state index contributed by atoms with van der Waals surface area (Å²) in [6.07, 6.45) is 6.40. The number of imidazole rings is 1. The first-order chi connectivity index (χ1) is 12.6. The molecular formula is C18H18N6O2. The summed E-state index contributed by atoms with van der Waals surface area (Å²) in [5.74, 6) is -0.0777. The van der Waals surface area contributed by atoms with E-state index < -0.39 is 5.41 Å². The molecule has 2 fully saturated rings. The Bertz CT molecular complexity index is 1130. The molecule has 0 aromatic carbocycles. The molecule has 5 rings (SSSR count). The average molecular weight is 350 g/mol. The van der Waals surface area contributed by atoms with Gasteiger partial charge in [-0.15, -0.1) is 0 Å². The van der Waals surface area contributed by atoms with E-state index in [0.717, 1.165) is 29.4 Å². The number of rotatable bonds is 2. The van der Waals surface area contributed by atoms with Gasteiger partial charge in [-0.1, -0.05) is 0 Å². The third-order valence-corrected chi connectivity index (χ3v) is 5.68. The lowest BCUT2D eigenvalue weighted by molar-refractivity contribution is -0.136. The van der Waals surface area contributed by atoms with Crippen molar-refractivity contribution in [2.75, 3.05) is 13.1 Å². The monoisotopic (exact) mass is 350 g/mol. The topological polar surface area (TPSA) is 111 Å². The molecule has 0 bridgehead atoms. The van der Waals surface area contributed by atoms with Crippen LogP contribution in [0.3, 0.4) is 0 Å². The number of carbonyl (C=O) groups is 1. The Labute approximate surface area is 148 Å². The van der Waals surface area contributed by atoms with Crippen LogP contribution in [0.4, 0.5) is 0 Å². The molecule has 1 atom stereocenters. The predicted octanol–water partition coefficient (Wildman–Crippen LogP) is 1.67. The van der Waals surface area contributed by atoms with E-state index in [9.17, 15) is 14.9 Å². The second-order valence-electron chi connectivity index (χ2n) is 7.30. The molecule has 8 heteroatoms. The second kappa shape index (κ2) is 5.21. The van der Waals surface area contributed by atoms with Crippen LogP contribution in [-0.2, 0) is 4.79 Å². The first-order valence-corrected chi connectivity index (χ1v) is 8.90.